The quantitative estimate of drug-likeness (QED) is 0.765. The first kappa shape index (κ1) is 21.2. The van der Waals surface area contributed by atoms with Crippen LogP contribution < -0.4 is 14.4 Å². The molecular formula is C22H28N2O4S. The largest absolute Gasteiger partial charge is 0.490 e. The summed E-state index contributed by atoms with van der Waals surface area (Å²) in [6.07, 6.45) is 1.92. The molecule has 2 aromatic rings. The summed E-state index contributed by atoms with van der Waals surface area (Å²) in [6, 6.07) is 11.9. The van der Waals surface area contributed by atoms with E-state index >= 15 is 0 Å². The summed E-state index contributed by atoms with van der Waals surface area (Å²) in [4.78, 5) is 14.7. The third-order valence-electron chi connectivity index (χ3n) is 5.00. The average molecular weight is 417 g/mol. The van der Waals surface area contributed by atoms with Gasteiger partial charge in [0.05, 0.1) is 21.7 Å². The first-order valence-corrected chi connectivity index (χ1v) is 11.4. The van der Waals surface area contributed by atoms with Crippen molar-refractivity contribution in [1.82, 2.24) is 0 Å². The summed E-state index contributed by atoms with van der Waals surface area (Å²) in [5.74, 6) is 0.517. The Hall–Kier alpha value is -2.54. The van der Waals surface area contributed by atoms with Crippen molar-refractivity contribution in [2.45, 2.75) is 45.4 Å². The average Bonchev–Trinajstić information content (AvgIpc) is 2.77. The summed E-state index contributed by atoms with van der Waals surface area (Å²) < 4.78 is 34.1. The SMILES string of the molecule is CCCc1ccc(S(=O)(=O)Nc2ccc3c(c2)N(CC)C(=O)C(C)(C)CO3)cc1. The number of carbonyl (C=O) groups is 1. The predicted octanol–water partition coefficient (Wildman–Crippen LogP) is 4.21. The lowest BCUT2D eigenvalue weighted by atomic mass is 9.93. The highest BCUT2D eigenvalue weighted by Gasteiger charge is 2.37. The van der Waals surface area contributed by atoms with Gasteiger partial charge < -0.3 is 9.64 Å². The fourth-order valence-corrected chi connectivity index (χ4v) is 4.41. The Kier molecular flexibility index (Phi) is 5.89. The van der Waals surface area contributed by atoms with Crippen LogP contribution in [0.4, 0.5) is 11.4 Å². The van der Waals surface area contributed by atoms with Crippen molar-refractivity contribution < 1.29 is 17.9 Å². The van der Waals surface area contributed by atoms with Crippen LogP contribution in [0.3, 0.4) is 0 Å². The second-order valence-electron chi connectivity index (χ2n) is 7.90. The molecule has 1 aliphatic heterocycles. The standard InChI is InChI=1S/C22H28N2O4S/c1-5-7-16-8-11-18(12-9-16)29(26,27)23-17-10-13-20-19(14-17)24(6-2)21(25)22(3,4)15-28-20/h8-14,23H,5-7,15H2,1-4H3. The van der Waals surface area contributed by atoms with E-state index in [0.29, 0.717) is 23.7 Å². The first-order valence-electron chi connectivity index (χ1n) is 9.88. The van der Waals surface area contributed by atoms with Gasteiger partial charge in [0.25, 0.3) is 10.0 Å². The Morgan fingerprint density at radius 1 is 1.10 bits per heavy atom. The number of nitrogens with one attached hydrogen (secondary N) is 1. The zero-order valence-electron chi connectivity index (χ0n) is 17.4. The van der Waals surface area contributed by atoms with Crippen molar-refractivity contribution in [2.24, 2.45) is 5.41 Å². The van der Waals surface area contributed by atoms with E-state index in [-0.39, 0.29) is 17.4 Å². The monoisotopic (exact) mass is 416 g/mol. The summed E-state index contributed by atoms with van der Waals surface area (Å²) in [6.45, 7) is 8.39. The Bertz CT molecular complexity index is 998. The molecule has 0 unspecified atom stereocenters. The van der Waals surface area contributed by atoms with E-state index in [1.54, 1.807) is 35.2 Å². The third-order valence-corrected chi connectivity index (χ3v) is 6.40. The molecule has 0 saturated carbocycles. The minimum Gasteiger partial charge on any atom is -0.490 e. The molecule has 29 heavy (non-hydrogen) atoms. The van der Waals surface area contributed by atoms with Crippen LogP contribution in [0.5, 0.6) is 5.75 Å². The topological polar surface area (TPSA) is 75.7 Å². The van der Waals surface area contributed by atoms with Gasteiger partial charge >= 0.3 is 0 Å². The Morgan fingerprint density at radius 3 is 2.41 bits per heavy atom. The van der Waals surface area contributed by atoms with Crippen molar-refractivity contribution in [3.63, 3.8) is 0 Å². The van der Waals surface area contributed by atoms with Crippen molar-refractivity contribution >= 4 is 27.3 Å². The molecule has 0 aromatic heterocycles. The zero-order valence-corrected chi connectivity index (χ0v) is 18.2. The number of fused-ring (bicyclic) bond motifs is 1. The molecular weight excluding hydrogens is 388 g/mol. The highest BCUT2D eigenvalue weighted by molar-refractivity contribution is 7.92. The molecule has 156 valence electrons. The fraction of sp³-hybridized carbons (Fsp3) is 0.409. The Labute approximate surface area is 172 Å². The van der Waals surface area contributed by atoms with Crippen LogP contribution in [0.1, 0.15) is 39.7 Å². The number of nitrogens with zero attached hydrogens (tertiary/aromatic N) is 1. The number of hydrogen-bond donors (Lipinski definition) is 1. The third kappa shape index (κ3) is 4.40. The summed E-state index contributed by atoms with van der Waals surface area (Å²) in [5, 5.41) is 0. The molecule has 2 aromatic carbocycles. The zero-order chi connectivity index (χ0) is 21.2. The van der Waals surface area contributed by atoms with Gasteiger partial charge in [-0.15, -0.1) is 0 Å². The predicted molar refractivity (Wildman–Crippen MR) is 115 cm³/mol. The van der Waals surface area contributed by atoms with Gasteiger partial charge in [0, 0.05) is 6.54 Å². The lowest BCUT2D eigenvalue weighted by Gasteiger charge is -2.27. The van der Waals surface area contributed by atoms with Gasteiger partial charge in [-0.05, 0) is 63.1 Å². The summed E-state index contributed by atoms with van der Waals surface area (Å²) >= 11 is 0. The van der Waals surface area contributed by atoms with Gasteiger partial charge in [-0.25, -0.2) is 8.42 Å². The van der Waals surface area contributed by atoms with E-state index in [2.05, 4.69) is 11.6 Å². The fourth-order valence-electron chi connectivity index (χ4n) is 3.36. The van der Waals surface area contributed by atoms with E-state index in [9.17, 15) is 13.2 Å². The van der Waals surface area contributed by atoms with Gasteiger partial charge in [0.15, 0.2) is 0 Å². The molecule has 6 nitrogen and oxygen atoms in total. The number of ether oxygens (including phenoxy) is 1. The molecule has 0 fully saturated rings. The molecule has 0 radical (unpaired) electrons. The van der Waals surface area contributed by atoms with Gasteiger partial charge in [0.1, 0.15) is 12.4 Å². The smallest absolute Gasteiger partial charge is 0.261 e. The summed E-state index contributed by atoms with van der Waals surface area (Å²) in [7, 11) is -3.74. The number of anilines is 2. The Morgan fingerprint density at radius 2 is 1.79 bits per heavy atom. The lowest BCUT2D eigenvalue weighted by molar-refractivity contribution is -0.127. The molecule has 7 heteroatoms. The minimum atomic E-state index is -3.74. The molecule has 1 heterocycles. The van der Waals surface area contributed by atoms with Crippen LogP contribution in [-0.4, -0.2) is 27.5 Å². The normalized spacial score (nSPS) is 16.0. The van der Waals surface area contributed by atoms with Crippen molar-refractivity contribution in [1.29, 1.82) is 0 Å². The maximum absolute atomic E-state index is 12.9. The van der Waals surface area contributed by atoms with Crippen molar-refractivity contribution in [3.8, 4) is 5.75 Å². The van der Waals surface area contributed by atoms with Gasteiger partial charge in [-0.3, -0.25) is 9.52 Å². The van der Waals surface area contributed by atoms with Crippen LogP contribution >= 0.6 is 0 Å². The van der Waals surface area contributed by atoms with E-state index in [1.807, 2.05) is 32.9 Å². The molecule has 0 atom stereocenters. The second-order valence-corrected chi connectivity index (χ2v) is 9.59. The number of aryl methyl sites for hydroxylation is 1. The molecule has 1 amide bonds. The van der Waals surface area contributed by atoms with E-state index in [4.69, 9.17) is 4.74 Å². The second kappa shape index (κ2) is 8.06. The molecule has 3 rings (SSSR count). The summed E-state index contributed by atoms with van der Waals surface area (Å²) in [5.41, 5.74) is 1.40. The lowest BCUT2D eigenvalue weighted by Crippen LogP contribution is -2.42. The molecule has 0 spiro atoms. The van der Waals surface area contributed by atoms with Crippen molar-refractivity contribution in [2.75, 3.05) is 22.8 Å². The first-order chi connectivity index (χ1) is 13.7. The number of hydrogen-bond acceptors (Lipinski definition) is 4. The van der Waals surface area contributed by atoms with Gasteiger partial charge in [-0.2, -0.15) is 0 Å². The Balaban J connectivity index is 1.90. The van der Waals surface area contributed by atoms with Crippen LogP contribution in [0.15, 0.2) is 47.4 Å². The number of amides is 1. The van der Waals surface area contributed by atoms with Gasteiger partial charge in [-0.1, -0.05) is 25.5 Å². The van der Waals surface area contributed by atoms with Crippen LogP contribution in [0.2, 0.25) is 0 Å². The van der Waals surface area contributed by atoms with E-state index < -0.39 is 15.4 Å². The van der Waals surface area contributed by atoms with Gasteiger partial charge in [0.2, 0.25) is 5.91 Å². The van der Waals surface area contributed by atoms with E-state index in [0.717, 1.165) is 18.4 Å². The maximum Gasteiger partial charge on any atom is 0.261 e. The number of carbonyl (C=O) groups excluding carboxylic acids is 1. The maximum atomic E-state index is 12.9. The minimum absolute atomic E-state index is 0.0507. The van der Waals surface area contributed by atoms with Crippen molar-refractivity contribution in [3.05, 3.63) is 48.0 Å². The highest BCUT2D eigenvalue weighted by Crippen LogP contribution is 2.38. The number of benzene rings is 2. The van der Waals surface area contributed by atoms with E-state index in [1.165, 1.54) is 0 Å². The molecule has 1 aliphatic rings. The molecule has 0 bridgehead atoms. The van der Waals surface area contributed by atoms with Crippen LogP contribution in [-0.2, 0) is 21.2 Å². The molecule has 0 saturated heterocycles. The highest BCUT2D eigenvalue weighted by atomic mass is 32.2. The molecule has 0 aliphatic carbocycles. The van der Waals surface area contributed by atoms with Crippen LogP contribution in [0, 0.1) is 5.41 Å². The number of rotatable bonds is 6. The number of sulfonamides is 1. The van der Waals surface area contributed by atoms with Crippen LogP contribution in [0.25, 0.3) is 0 Å². The molecule has 1 N–H and O–H groups in total.